The number of guanidine groups is 1. The Kier molecular flexibility index (Phi) is 9.08. The summed E-state index contributed by atoms with van der Waals surface area (Å²) >= 11 is 0. The average molecular weight is 489 g/mol. The highest BCUT2D eigenvalue weighted by Gasteiger charge is 2.23. The maximum absolute atomic E-state index is 14.0. The molecule has 7 heteroatoms. The lowest BCUT2D eigenvalue weighted by atomic mass is 10.1. The van der Waals surface area contributed by atoms with Crippen LogP contribution < -0.4 is 10.2 Å². The van der Waals surface area contributed by atoms with Crippen molar-refractivity contribution in [3.8, 4) is 0 Å². The Hall–Kier alpha value is -1.09. The van der Waals surface area contributed by atoms with Crippen LogP contribution in [0.5, 0.6) is 0 Å². The molecule has 5 nitrogen and oxygen atoms in total. The van der Waals surface area contributed by atoms with Gasteiger partial charge in [-0.25, -0.2) is 4.39 Å². The second-order valence-corrected chi connectivity index (χ2v) is 7.17. The molecule has 2 aliphatic rings. The molecule has 1 unspecified atom stereocenters. The quantitative estimate of drug-likeness (QED) is 0.392. The number of likely N-dealkylation sites (tertiary alicyclic amines) is 1. The van der Waals surface area contributed by atoms with Gasteiger partial charge in [0.15, 0.2) is 5.96 Å². The zero-order chi connectivity index (χ0) is 18.4. The van der Waals surface area contributed by atoms with Gasteiger partial charge in [-0.05, 0) is 44.5 Å². The Bertz CT molecular complexity index is 604. The Morgan fingerprint density at radius 1 is 1.15 bits per heavy atom. The molecule has 2 aliphatic heterocycles. The van der Waals surface area contributed by atoms with Gasteiger partial charge in [0.05, 0.1) is 5.69 Å². The lowest BCUT2D eigenvalue weighted by Gasteiger charge is -2.37. The van der Waals surface area contributed by atoms with Gasteiger partial charge in [-0.15, -0.1) is 24.0 Å². The van der Waals surface area contributed by atoms with E-state index in [1.807, 2.05) is 12.1 Å². The summed E-state index contributed by atoms with van der Waals surface area (Å²) in [6, 6.07) is 7.05. The van der Waals surface area contributed by atoms with Gasteiger partial charge < -0.3 is 20.0 Å². The summed E-state index contributed by atoms with van der Waals surface area (Å²) < 4.78 is 14.0. The van der Waals surface area contributed by atoms with E-state index in [0.29, 0.717) is 11.6 Å². The summed E-state index contributed by atoms with van der Waals surface area (Å²) in [6.07, 6.45) is 1.25. The van der Waals surface area contributed by atoms with E-state index in [9.17, 15) is 4.39 Å². The van der Waals surface area contributed by atoms with E-state index >= 15 is 0 Å². The van der Waals surface area contributed by atoms with Gasteiger partial charge in [0, 0.05) is 45.8 Å². The van der Waals surface area contributed by atoms with Gasteiger partial charge in [0.25, 0.3) is 0 Å². The summed E-state index contributed by atoms with van der Waals surface area (Å²) in [6.45, 7) is 13.0. The Balaban J connectivity index is 0.00000261. The zero-order valence-corrected chi connectivity index (χ0v) is 18.9. The van der Waals surface area contributed by atoms with Gasteiger partial charge in [-0.2, -0.15) is 0 Å². The van der Waals surface area contributed by atoms with Crippen molar-refractivity contribution in [1.82, 2.24) is 15.1 Å². The maximum atomic E-state index is 14.0. The van der Waals surface area contributed by atoms with E-state index in [0.717, 1.165) is 51.8 Å². The van der Waals surface area contributed by atoms with E-state index in [4.69, 9.17) is 4.99 Å². The van der Waals surface area contributed by atoms with Crippen molar-refractivity contribution in [3.05, 3.63) is 30.1 Å². The number of benzene rings is 1. The summed E-state index contributed by atoms with van der Waals surface area (Å²) in [5.74, 6) is 1.54. The molecule has 2 heterocycles. The van der Waals surface area contributed by atoms with E-state index in [1.54, 1.807) is 6.07 Å². The van der Waals surface area contributed by atoms with Crippen molar-refractivity contribution in [2.45, 2.75) is 20.3 Å². The molecule has 1 atom stereocenters. The molecule has 0 saturated carbocycles. The molecule has 2 fully saturated rings. The fourth-order valence-electron chi connectivity index (χ4n) is 3.86. The standard InChI is InChI=1S/C20H32FN5.HI/c1-3-22-20(23-15-17-9-10-24(4-2)16-17)26-13-11-25(12-14-26)19-8-6-5-7-18(19)21;/h5-8,17H,3-4,9-16H2,1-2H3,(H,22,23);1H. The normalized spacial score (nSPS) is 21.3. The largest absolute Gasteiger partial charge is 0.366 e. The van der Waals surface area contributed by atoms with Crippen LogP contribution in [0.1, 0.15) is 20.3 Å². The van der Waals surface area contributed by atoms with Crippen molar-refractivity contribution in [2.75, 3.05) is 63.8 Å². The zero-order valence-electron chi connectivity index (χ0n) is 16.5. The average Bonchev–Trinajstić information content (AvgIpc) is 3.14. The van der Waals surface area contributed by atoms with Crippen molar-refractivity contribution < 1.29 is 4.39 Å². The molecule has 0 aromatic heterocycles. The van der Waals surface area contributed by atoms with Crippen molar-refractivity contribution in [1.29, 1.82) is 0 Å². The molecule has 0 spiro atoms. The number of nitrogens with one attached hydrogen (secondary N) is 1. The Morgan fingerprint density at radius 3 is 2.52 bits per heavy atom. The lowest BCUT2D eigenvalue weighted by Crippen LogP contribution is -2.52. The fraction of sp³-hybridized carbons (Fsp3) is 0.650. The first-order valence-corrected chi connectivity index (χ1v) is 9.96. The van der Waals surface area contributed by atoms with Gasteiger partial charge >= 0.3 is 0 Å². The summed E-state index contributed by atoms with van der Waals surface area (Å²) in [5, 5.41) is 3.44. The predicted molar refractivity (Wildman–Crippen MR) is 122 cm³/mol. The third-order valence-corrected chi connectivity index (χ3v) is 5.42. The summed E-state index contributed by atoms with van der Waals surface area (Å²) in [5.41, 5.74) is 0.708. The Morgan fingerprint density at radius 2 is 1.89 bits per heavy atom. The monoisotopic (exact) mass is 489 g/mol. The predicted octanol–water partition coefficient (Wildman–Crippen LogP) is 2.87. The number of para-hydroxylation sites is 1. The topological polar surface area (TPSA) is 34.1 Å². The number of halogens is 2. The second kappa shape index (κ2) is 11.0. The third kappa shape index (κ3) is 5.94. The first kappa shape index (κ1) is 22.2. The summed E-state index contributed by atoms with van der Waals surface area (Å²) in [7, 11) is 0. The maximum Gasteiger partial charge on any atom is 0.194 e. The number of nitrogens with zero attached hydrogens (tertiary/aromatic N) is 4. The molecule has 3 rings (SSSR count). The molecule has 152 valence electrons. The number of hydrogen-bond donors (Lipinski definition) is 1. The van der Waals surface area contributed by atoms with Crippen LogP contribution in [0.4, 0.5) is 10.1 Å². The number of aliphatic imine (C=N–C) groups is 1. The van der Waals surface area contributed by atoms with Crippen molar-refractivity contribution in [2.24, 2.45) is 10.9 Å². The van der Waals surface area contributed by atoms with Gasteiger partial charge in [0.1, 0.15) is 5.82 Å². The van der Waals surface area contributed by atoms with E-state index in [-0.39, 0.29) is 29.8 Å². The van der Waals surface area contributed by atoms with Crippen LogP contribution in [0.25, 0.3) is 0 Å². The molecule has 0 aliphatic carbocycles. The van der Waals surface area contributed by atoms with Crippen LogP contribution in [0.2, 0.25) is 0 Å². The molecule has 27 heavy (non-hydrogen) atoms. The van der Waals surface area contributed by atoms with Crippen LogP contribution in [-0.2, 0) is 0 Å². The molecule has 1 N–H and O–H groups in total. The van der Waals surface area contributed by atoms with Crippen LogP contribution in [0, 0.1) is 11.7 Å². The van der Waals surface area contributed by atoms with Crippen LogP contribution in [0.3, 0.4) is 0 Å². The van der Waals surface area contributed by atoms with Crippen LogP contribution in [0.15, 0.2) is 29.3 Å². The highest BCUT2D eigenvalue weighted by Crippen LogP contribution is 2.20. The molecule has 1 aromatic rings. The molecular weight excluding hydrogens is 456 g/mol. The van der Waals surface area contributed by atoms with Gasteiger partial charge in [-0.3, -0.25) is 4.99 Å². The van der Waals surface area contributed by atoms with E-state index in [2.05, 4.69) is 33.9 Å². The van der Waals surface area contributed by atoms with E-state index < -0.39 is 0 Å². The van der Waals surface area contributed by atoms with Crippen LogP contribution >= 0.6 is 24.0 Å². The molecule has 0 radical (unpaired) electrons. The molecular formula is C20H33FIN5. The minimum atomic E-state index is -0.136. The molecule has 0 amide bonds. The number of piperazine rings is 1. The minimum Gasteiger partial charge on any atom is -0.366 e. The number of anilines is 1. The smallest absolute Gasteiger partial charge is 0.194 e. The van der Waals surface area contributed by atoms with Gasteiger partial charge in [0.2, 0.25) is 0 Å². The van der Waals surface area contributed by atoms with Crippen LogP contribution in [-0.4, -0.2) is 74.7 Å². The highest BCUT2D eigenvalue weighted by atomic mass is 127. The Labute approximate surface area is 180 Å². The minimum absolute atomic E-state index is 0. The SMILES string of the molecule is CCNC(=NCC1CCN(CC)C1)N1CCN(c2ccccc2F)CC1.I. The number of rotatable bonds is 5. The van der Waals surface area contributed by atoms with Crippen molar-refractivity contribution >= 4 is 35.6 Å². The first-order valence-electron chi connectivity index (χ1n) is 9.96. The second-order valence-electron chi connectivity index (χ2n) is 7.17. The van der Waals surface area contributed by atoms with Gasteiger partial charge in [-0.1, -0.05) is 19.1 Å². The summed E-state index contributed by atoms with van der Waals surface area (Å²) in [4.78, 5) is 11.9. The molecule has 0 bridgehead atoms. The lowest BCUT2D eigenvalue weighted by molar-refractivity contribution is 0.342. The third-order valence-electron chi connectivity index (χ3n) is 5.42. The molecule has 1 aromatic carbocycles. The molecule has 2 saturated heterocycles. The highest BCUT2D eigenvalue weighted by molar-refractivity contribution is 14.0. The van der Waals surface area contributed by atoms with Crippen molar-refractivity contribution in [3.63, 3.8) is 0 Å². The number of hydrogen-bond acceptors (Lipinski definition) is 3. The van der Waals surface area contributed by atoms with E-state index in [1.165, 1.54) is 25.6 Å². The fourth-order valence-corrected chi connectivity index (χ4v) is 3.86. The first-order chi connectivity index (χ1) is 12.7.